The Kier molecular flexibility index (Phi) is 11.2. The molecule has 0 amide bonds. The fraction of sp³-hybridized carbons (Fsp3) is 0.345. The van der Waals surface area contributed by atoms with Crippen LogP contribution < -0.4 is 0 Å². The molecule has 0 radical (unpaired) electrons. The van der Waals surface area contributed by atoms with Gasteiger partial charge in [0.15, 0.2) is 0 Å². The predicted octanol–water partition coefficient (Wildman–Crippen LogP) is 8.55. The van der Waals surface area contributed by atoms with Crippen LogP contribution in [-0.2, 0) is 37.1 Å². The van der Waals surface area contributed by atoms with E-state index in [2.05, 4.69) is 100 Å². The molecule has 0 spiro atoms. The van der Waals surface area contributed by atoms with Crippen molar-refractivity contribution in [2.45, 2.75) is 66.2 Å². The van der Waals surface area contributed by atoms with Crippen LogP contribution in [0.1, 0.15) is 64.5 Å². The van der Waals surface area contributed by atoms with Gasteiger partial charge in [0.1, 0.15) is 0 Å². The molecule has 0 unspecified atom stereocenters. The summed E-state index contributed by atoms with van der Waals surface area (Å²) < 4.78 is 1.51. The van der Waals surface area contributed by atoms with Crippen LogP contribution in [-0.4, -0.2) is 3.21 Å². The van der Waals surface area contributed by atoms with Crippen LogP contribution in [0.3, 0.4) is 0 Å². The second-order valence-electron chi connectivity index (χ2n) is 8.19. The molecular weight excluding hydrogens is 440 g/mol. The van der Waals surface area contributed by atoms with Crippen LogP contribution in [0.15, 0.2) is 72.8 Å². The topological polar surface area (TPSA) is 0 Å². The molecule has 0 bridgehead atoms. The number of hydrogen-bond acceptors (Lipinski definition) is 0. The standard InChI is InChI=1S/2C13H15.C3H6.Zr/c2*1-2-3-6-11-9-12-7-4-5-8-13(12)10-11;1-3-2;/h2*4-5,7-10H,2-3,6H2,1H3;1-2H3;/q2*-1;;+2. The summed E-state index contributed by atoms with van der Waals surface area (Å²) in [6.07, 6.45) is 7.62. The van der Waals surface area contributed by atoms with Crippen molar-refractivity contribution in [1.82, 2.24) is 0 Å². The maximum atomic E-state index is 2.31. The first-order chi connectivity index (χ1) is 14.5. The Hall–Kier alpha value is -1.59. The van der Waals surface area contributed by atoms with E-state index in [1.807, 2.05) is 0 Å². The number of aryl methyl sites for hydroxylation is 2. The van der Waals surface area contributed by atoms with Crippen molar-refractivity contribution in [1.29, 1.82) is 0 Å². The van der Waals surface area contributed by atoms with Crippen molar-refractivity contribution < 1.29 is 24.2 Å². The Balaban J connectivity index is 0.000000182. The Bertz CT molecular complexity index is 867. The number of fused-ring (bicyclic) bond motifs is 2. The third-order valence-electron chi connectivity index (χ3n) is 4.99. The van der Waals surface area contributed by atoms with Gasteiger partial charge >= 0.3 is 41.3 Å². The fourth-order valence-electron chi connectivity index (χ4n) is 3.48. The number of benzene rings is 2. The fourth-order valence-corrected chi connectivity index (χ4v) is 3.48. The van der Waals surface area contributed by atoms with E-state index in [-0.39, 0.29) is 0 Å². The molecule has 0 aliphatic carbocycles. The molecule has 30 heavy (non-hydrogen) atoms. The van der Waals surface area contributed by atoms with Crippen molar-refractivity contribution in [2.24, 2.45) is 0 Å². The van der Waals surface area contributed by atoms with Crippen molar-refractivity contribution in [2.75, 3.05) is 0 Å². The van der Waals surface area contributed by atoms with Crippen molar-refractivity contribution in [3.05, 3.63) is 83.9 Å². The SMILES string of the molecule is CCCCc1cc2ccccc2[cH-]1.CCCCc1cc2ccccc2[cH-]1.C[C](C)=[Zr+2]. The number of hydrogen-bond donors (Lipinski definition) is 0. The van der Waals surface area contributed by atoms with E-state index in [0.29, 0.717) is 0 Å². The molecule has 0 aromatic heterocycles. The van der Waals surface area contributed by atoms with Crippen LogP contribution >= 0.6 is 0 Å². The second kappa shape index (κ2) is 13.7. The molecule has 0 aliphatic rings. The van der Waals surface area contributed by atoms with Gasteiger partial charge < -0.3 is 0 Å². The minimum atomic E-state index is 1.23. The van der Waals surface area contributed by atoms with Gasteiger partial charge in [-0.3, -0.25) is 0 Å². The third-order valence-corrected chi connectivity index (χ3v) is 4.99. The Morgan fingerprint density at radius 1 is 0.700 bits per heavy atom. The molecule has 0 fully saturated rings. The summed E-state index contributed by atoms with van der Waals surface area (Å²) in [7, 11) is 0. The maximum absolute atomic E-state index is 2.31. The van der Waals surface area contributed by atoms with Crippen molar-refractivity contribution in [3.63, 3.8) is 0 Å². The van der Waals surface area contributed by atoms with E-state index >= 15 is 0 Å². The molecule has 4 rings (SSSR count). The molecule has 0 N–H and O–H groups in total. The van der Waals surface area contributed by atoms with Crippen LogP contribution in [0.4, 0.5) is 0 Å². The van der Waals surface area contributed by atoms with Gasteiger partial charge in [-0.15, -0.1) is 81.2 Å². The van der Waals surface area contributed by atoms with E-state index < -0.39 is 0 Å². The molecule has 0 heterocycles. The monoisotopic (exact) mass is 474 g/mol. The zero-order valence-electron chi connectivity index (χ0n) is 19.2. The first-order valence-corrected chi connectivity index (χ1v) is 12.6. The average molecular weight is 476 g/mol. The summed E-state index contributed by atoms with van der Waals surface area (Å²) in [4.78, 5) is 0. The third kappa shape index (κ3) is 8.65. The van der Waals surface area contributed by atoms with Gasteiger partial charge in [-0.2, -0.15) is 12.1 Å². The van der Waals surface area contributed by atoms with Gasteiger partial charge in [0.2, 0.25) is 0 Å². The van der Waals surface area contributed by atoms with Gasteiger partial charge in [0.05, 0.1) is 0 Å². The molecule has 0 saturated heterocycles. The van der Waals surface area contributed by atoms with E-state index in [1.54, 1.807) is 24.2 Å². The van der Waals surface area contributed by atoms with Crippen LogP contribution in [0.25, 0.3) is 21.5 Å². The second-order valence-corrected chi connectivity index (χ2v) is 10.7. The molecule has 0 saturated carbocycles. The summed E-state index contributed by atoms with van der Waals surface area (Å²) in [6.45, 7) is 8.72. The summed E-state index contributed by atoms with van der Waals surface area (Å²) in [6, 6.07) is 26.4. The van der Waals surface area contributed by atoms with Crippen molar-refractivity contribution >= 4 is 24.8 Å². The van der Waals surface area contributed by atoms with Gasteiger partial charge in [0.25, 0.3) is 0 Å². The van der Waals surface area contributed by atoms with Gasteiger partial charge in [-0.05, 0) is 12.8 Å². The molecule has 4 aromatic rings. The zero-order valence-corrected chi connectivity index (χ0v) is 21.6. The zero-order chi connectivity index (χ0) is 21.8. The Labute approximate surface area is 198 Å². The number of unbranched alkanes of at least 4 members (excludes halogenated alkanes) is 2. The van der Waals surface area contributed by atoms with Gasteiger partial charge in [0, 0.05) is 0 Å². The number of rotatable bonds is 6. The molecular formula is C29H36Zr. The first kappa shape index (κ1) is 24.7. The first-order valence-electron chi connectivity index (χ1n) is 11.3. The molecule has 0 atom stereocenters. The molecule has 0 aliphatic heterocycles. The van der Waals surface area contributed by atoms with Crippen molar-refractivity contribution in [3.8, 4) is 0 Å². The Morgan fingerprint density at radius 3 is 1.40 bits per heavy atom. The van der Waals surface area contributed by atoms with E-state index in [0.717, 1.165) is 0 Å². The summed E-state index contributed by atoms with van der Waals surface area (Å²) in [5.41, 5.74) is 2.98. The summed E-state index contributed by atoms with van der Waals surface area (Å²) >= 11 is 1.55. The minimum absolute atomic E-state index is 1.23. The molecule has 156 valence electrons. The van der Waals surface area contributed by atoms with E-state index in [1.165, 1.54) is 74.4 Å². The Morgan fingerprint density at radius 2 is 1.07 bits per heavy atom. The van der Waals surface area contributed by atoms with Crippen LogP contribution in [0.2, 0.25) is 0 Å². The average Bonchev–Trinajstić information content (AvgIpc) is 3.33. The van der Waals surface area contributed by atoms with E-state index in [9.17, 15) is 0 Å². The van der Waals surface area contributed by atoms with Crippen LogP contribution in [0, 0.1) is 0 Å². The van der Waals surface area contributed by atoms with Gasteiger partial charge in [-0.1, -0.05) is 51.7 Å². The van der Waals surface area contributed by atoms with E-state index in [4.69, 9.17) is 0 Å². The summed E-state index contributed by atoms with van der Waals surface area (Å²) in [5.74, 6) is 0. The quantitative estimate of drug-likeness (QED) is 0.245. The molecule has 4 aromatic carbocycles. The predicted molar refractivity (Wildman–Crippen MR) is 133 cm³/mol. The van der Waals surface area contributed by atoms with Gasteiger partial charge in [-0.25, -0.2) is 0 Å². The van der Waals surface area contributed by atoms with Crippen LogP contribution in [0.5, 0.6) is 0 Å². The normalized spacial score (nSPS) is 10.3. The molecule has 1 heteroatoms. The summed E-state index contributed by atoms with van der Waals surface area (Å²) in [5, 5.41) is 5.53. The molecule has 0 nitrogen and oxygen atoms in total.